The molecule has 0 bridgehead atoms. The van der Waals surface area contributed by atoms with Crippen LogP contribution in [0.4, 0.5) is 0 Å². The van der Waals surface area contributed by atoms with E-state index in [0.29, 0.717) is 17.2 Å². The number of carbonyl (C=O) groups is 2. The standard InChI is InChI=1S/C21H23NO4S/c1-3-4-5-11-22-18(14-8-6-9-15(13-14)26-2)17(20(24)21(22)25)19(23)16-10-7-12-27-16/h6-10,12-13,18,24H,3-5,11H2,1-2H3. The van der Waals surface area contributed by atoms with Crippen molar-refractivity contribution in [3.63, 3.8) is 0 Å². The molecule has 0 spiro atoms. The molecule has 1 unspecified atom stereocenters. The van der Waals surface area contributed by atoms with E-state index in [9.17, 15) is 14.7 Å². The van der Waals surface area contributed by atoms with Crippen LogP contribution in [0.1, 0.15) is 47.5 Å². The summed E-state index contributed by atoms with van der Waals surface area (Å²) >= 11 is 1.30. The summed E-state index contributed by atoms with van der Waals surface area (Å²) in [6.45, 7) is 2.58. The average molecular weight is 385 g/mol. The van der Waals surface area contributed by atoms with Crippen LogP contribution in [0, 0.1) is 0 Å². The molecule has 142 valence electrons. The molecule has 1 aliphatic rings. The molecule has 27 heavy (non-hydrogen) atoms. The Morgan fingerprint density at radius 2 is 2.07 bits per heavy atom. The number of nitrogens with zero attached hydrogens (tertiary/aromatic N) is 1. The van der Waals surface area contributed by atoms with Crippen LogP contribution in [0.15, 0.2) is 53.1 Å². The van der Waals surface area contributed by atoms with Gasteiger partial charge in [-0.3, -0.25) is 9.59 Å². The van der Waals surface area contributed by atoms with Gasteiger partial charge in [0.15, 0.2) is 5.76 Å². The summed E-state index contributed by atoms with van der Waals surface area (Å²) in [7, 11) is 1.57. The molecule has 1 aromatic heterocycles. The van der Waals surface area contributed by atoms with E-state index in [1.807, 2.05) is 24.3 Å². The lowest BCUT2D eigenvalue weighted by Crippen LogP contribution is -2.32. The molecule has 1 aromatic carbocycles. The minimum Gasteiger partial charge on any atom is -0.503 e. The zero-order chi connectivity index (χ0) is 19.4. The molecule has 0 saturated carbocycles. The monoisotopic (exact) mass is 385 g/mol. The Labute approximate surface area is 162 Å². The summed E-state index contributed by atoms with van der Waals surface area (Å²) in [5.41, 5.74) is 0.898. The number of ketones is 1. The summed E-state index contributed by atoms with van der Waals surface area (Å²) in [6.07, 6.45) is 2.81. The number of aliphatic hydroxyl groups is 1. The zero-order valence-electron chi connectivity index (χ0n) is 15.5. The molecule has 0 saturated heterocycles. The minimum absolute atomic E-state index is 0.146. The number of amides is 1. The lowest BCUT2D eigenvalue weighted by Gasteiger charge is -2.27. The van der Waals surface area contributed by atoms with Gasteiger partial charge in [0, 0.05) is 6.54 Å². The average Bonchev–Trinajstić information content (AvgIpc) is 3.30. The molecule has 1 N–H and O–H groups in total. The summed E-state index contributed by atoms with van der Waals surface area (Å²) in [4.78, 5) is 27.9. The smallest absolute Gasteiger partial charge is 0.290 e. The van der Waals surface area contributed by atoms with Crippen molar-refractivity contribution >= 4 is 23.0 Å². The first-order valence-corrected chi connectivity index (χ1v) is 9.92. The Hall–Kier alpha value is -2.60. The Morgan fingerprint density at radius 1 is 1.26 bits per heavy atom. The number of aliphatic hydroxyl groups excluding tert-OH is 1. The van der Waals surface area contributed by atoms with E-state index >= 15 is 0 Å². The summed E-state index contributed by atoms with van der Waals surface area (Å²) in [5, 5.41) is 12.4. The van der Waals surface area contributed by atoms with Crippen molar-refractivity contribution < 1.29 is 19.4 Å². The lowest BCUT2D eigenvalue weighted by atomic mass is 9.95. The molecule has 6 heteroatoms. The number of methoxy groups -OCH3 is 1. The van der Waals surface area contributed by atoms with Crippen LogP contribution in [0.3, 0.4) is 0 Å². The maximum absolute atomic E-state index is 13.1. The quantitative estimate of drug-likeness (QED) is 0.536. The molecule has 0 radical (unpaired) electrons. The molecule has 2 heterocycles. The lowest BCUT2D eigenvalue weighted by molar-refractivity contribution is -0.129. The first-order chi connectivity index (χ1) is 13.1. The Balaban J connectivity index is 2.04. The topological polar surface area (TPSA) is 66.8 Å². The van der Waals surface area contributed by atoms with Crippen LogP contribution in [-0.4, -0.2) is 35.4 Å². The number of Topliss-reactive ketones (excluding diaryl/α,β-unsaturated/α-hetero) is 1. The predicted octanol–water partition coefficient (Wildman–Crippen LogP) is 4.53. The van der Waals surface area contributed by atoms with Crippen molar-refractivity contribution in [3.05, 3.63) is 63.6 Å². The van der Waals surface area contributed by atoms with Gasteiger partial charge in [-0.1, -0.05) is 38.0 Å². The summed E-state index contributed by atoms with van der Waals surface area (Å²) in [5.74, 6) is -0.596. The number of thiophene rings is 1. The van der Waals surface area contributed by atoms with Gasteiger partial charge in [0.25, 0.3) is 5.91 Å². The Kier molecular flexibility index (Phi) is 5.96. The number of hydrogen-bond acceptors (Lipinski definition) is 5. The van der Waals surface area contributed by atoms with Gasteiger partial charge in [-0.2, -0.15) is 0 Å². The van der Waals surface area contributed by atoms with Crippen molar-refractivity contribution in [2.45, 2.75) is 32.2 Å². The second-order valence-corrected chi connectivity index (χ2v) is 7.40. The van der Waals surface area contributed by atoms with Crippen LogP contribution < -0.4 is 4.74 Å². The van der Waals surface area contributed by atoms with Crippen molar-refractivity contribution in [3.8, 4) is 5.75 Å². The van der Waals surface area contributed by atoms with E-state index < -0.39 is 17.7 Å². The molecular formula is C21H23NO4S. The van der Waals surface area contributed by atoms with Crippen LogP contribution >= 0.6 is 11.3 Å². The summed E-state index contributed by atoms with van der Waals surface area (Å²) in [6, 6.07) is 10.2. The van der Waals surface area contributed by atoms with Gasteiger partial charge in [0.1, 0.15) is 5.75 Å². The van der Waals surface area contributed by atoms with Crippen molar-refractivity contribution in [2.24, 2.45) is 0 Å². The number of ether oxygens (including phenoxy) is 1. The van der Waals surface area contributed by atoms with E-state index in [0.717, 1.165) is 24.8 Å². The zero-order valence-corrected chi connectivity index (χ0v) is 16.3. The van der Waals surface area contributed by atoms with Gasteiger partial charge in [-0.25, -0.2) is 0 Å². The molecule has 0 fully saturated rings. The number of unbranched alkanes of at least 4 members (excludes halogenated alkanes) is 2. The maximum Gasteiger partial charge on any atom is 0.290 e. The molecule has 5 nitrogen and oxygen atoms in total. The highest BCUT2D eigenvalue weighted by atomic mass is 32.1. The van der Waals surface area contributed by atoms with E-state index in [1.165, 1.54) is 11.3 Å². The molecule has 1 atom stereocenters. The van der Waals surface area contributed by atoms with Crippen LogP contribution in [0.25, 0.3) is 0 Å². The Morgan fingerprint density at radius 3 is 2.74 bits per heavy atom. The highest BCUT2D eigenvalue weighted by Gasteiger charge is 2.43. The van der Waals surface area contributed by atoms with Crippen LogP contribution in [0.2, 0.25) is 0 Å². The fraction of sp³-hybridized carbons (Fsp3) is 0.333. The third-order valence-electron chi connectivity index (χ3n) is 4.71. The van der Waals surface area contributed by atoms with E-state index in [1.54, 1.807) is 29.5 Å². The number of benzene rings is 1. The largest absolute Gasteiger partial charge is 0.503 e. The van der Waals surface area contributed by atoms with Gasteiger partial charge in [0.05, 0.1) is 23.6 Å². The first-order valence-electron chi connectivity index (χ1n) is 9.04. The molecule has 0 aliphatic carbocycles. The number of rotatable bonds is 8. The van der Waals surface area contributed by atoms with Crippen LogP contribution in [-0.2, 0) is 4.79 Å². The van der Waals surface area contributed by atoms with E-state index in [2.05, 4.69) is 6.92 Å². The second kappa shape index (κ2) is 8.39. The molecular weight excluding hydrogens is 362 g/mol. The van der Waals surface area contributed by atoms with E-state index in [-0.39, 0.29) is 11.4 Å². The first kappa shape index (κ1) is 19.2. The molecule has 3 rings (SSSR count). The van der Waals surface area contributed by atoms with Gasteiger partial charge in [0.2, 0.25) is 5.78 Å². The molecule has 2 aromatic rings. The van der Waals surface area contributed by atoms with Crippen molar-refractivity contribution in [2.75, 3.05) is 13.7 Å². The van der Waals surface area contributed by atoms with Gasteiger partial charge in [-0.15, -0.1) is 11.3 Å². The normalized spacial score (nSPS) is 16.9. The predicted molar refractivity (Wildman–Crippen MR) is 105 cm³/mol. The van der Waals surface area contributed by atoms with Crippen LogP contribution in [0.5, 0.6) is 5.75 Å². The molecule has 1 aliphatic heterocycles. The summed E-state index contributed by atoms with van der Waals surface area (Å²) < 4.78 is 5.30. The van der Waals surface area contributed by atoms with E-state index in [4.69, 9.17) is 4.74 Å². The highest BCUT2D eigenvalue weighted by molar-refractivity contribution is 7.12. The minimum atomic E-state index is -0.612. The Bertz CT molecular complexity index is 857. The number of carbonyl (C=O) groups excluding carboxylic acids is 2. The van der Waals surface area contributed by atoms with Gasteiger partial charge >= 0.3 is 0 Å². The third kappa shape index (κ3) is 3.76. The number of hydrogen-bond donors (Lipinski definition) is 1. The van der Waals surface area contributed by atoms with Crippen molar-refractivity contribution in [1.29, 1.82) is 0 Å². The van der Waals surface area contributed by atoms with Gasteiger partial charge < -0.3 is 14.7 Å². The molecule has 1 amide bonds. The second-order valence-electron chi connectivity index (χ2n) is 6.45. The van der Waals surface area contributed by atoms with Gasteiger partial charge in [-0.05, 0) is 35.6 Å². The maximum atomic E-state index is 13.1. The fourth-order valence-electron chi connectivity index (χ4n) is 3.35. The van der Waals surface area contributed by atoms with Crippen molar-refractivity contribution in [1.82, 2.24) is 4.90 Å². The third-order valence-corrected chi connectivity index (χ3v) is 5.57. The SMILES string of the molecule is CCCCCN1C(=O)C(O)=C(C(=O)c2cccs2)C1c1cccc(OC)c1. The fourth-order valence-corrected chi connectivity index (χ4v) is 4.02. The highest BCUT2D eigenvalue weighted by Crippen LogP contribution is 2.40.